The lowest BCUT2D eigenvalue weighted by atomic mass is 9.98. The highest BCUT2D eigenvalue weighted by Gasteiger charge is 2.20. The number of benzene rings is 2. The van der Waals surface area contributed by atoms with Crippen molar-refractivity contribution < 1.29 is 18.7 Å². The summed E-state index contributed by atoms with van der Waals surface area (Å²) in [5.41, 5.74) is 1.87. The maximum Gasteiger partial charge on any atom is 0.236 e. The fourth-order valence-corrected chi connectivity index (χ4v) is 2.99. The number of rotatable bonds is 6. The van der Waals surface area contributed by atoms with Crippen molar-refractivity contribution in [3.63, 3.8) is 0 Å². The Morgan fingerprint density at radius 3 is 2.27 bits per heavy atom. The predicted molar refractivity (Wildman–Crippen MR) is 96.6 cm³/mol. The fraction of sp³-hybridized carbons (Fsp3) is 0.350. The molecule has 0 spiro atoms. The van der Waals surface area contributed by atoms with Crippen LogP contribution in [-0.4, -0.2) is 50.8 Å². The summed E-state index contributed by atoms with van der Waals surface area (Å²) in [4.78, 5) is 14.2. The molecule has 1 aliphatic heterocycles. The number of halogens is 1. The molecule has 0 saturated carbocycles. The molecule has 0 bridgehead atoms. The van der Waals surface area contributed by atoms with Crippen LogP contribution in [0.1, 0.15) is 17.2 Å². The molecular weight excluding hydrogens is 335 g/mol. The molecule has 1 fully saturated rings. The number of nitrogens with one attached hydrogen (secondary N) is 1. The van der Waals surface area contributed by atoms with Crippen LogP contribution in [0.5, 0.6) is 5.75 Å². The average molecular weight is 358 g/mol. The van der Waals surface area contributed by atoms with Crippen molar-refractivity contribution in [1.82, 2.24) is 10.2 Å². The first-order valence-corrected chi connectivity index (χ1v) is 8.65. The zero-order chi connectivity index (χ0) is 18.4. The Morgan fingerprint density at radius 1 is 1.12 bits per heavy atom. The first kappa shape index (κ1) is 18.4. The molecule has 2 aromatic rings. The molecule has 2 aromatic carbocycles. The van der Waals surface area contributed by atoms with Crippen molar-refractivity contribution in [2.45, 2.75) is 6.04 Å². The van der Waals surface area contributed by atoms with Gasteiger partial charge in [-0.05, 0) is 35.4 Å². The molecule has 1 saturated heterocycles. The van der Waals surface area contributed by atoms with E-state index in [4.69, 9.17) is 9.47 Å². The highest BCUT2D eigenvalue weighted by Crippen LogP contribution is 2.24. The van der Waals surface area contributed by atoms with Crippen molar-refractivity contribution >= 4 is 5.91 Å². The monoisotopic (exact) mass is 358 g/mol. The van der Waals surface area contributed by atoms with Crippen LogP contribution in [0.15, 0.2) is 48.5 Å². The van der Waals surface area contributed by atoms with E-state index in [1.807, 2.05) is 24.3 Å². The minimum atomic E-state index is -0.286. The summed E-state index contributed by atoms with van der Waals surface area (Å²) in [5.74, 6) is 0.511. The molecule has 6 heteroatoms. The molecule has 26 heavy (non-hydrogen) atoms. The molecule has 138 valence electrons. The molecule has 0 aliphatic carbocycles. The largest absolute Gasteiger partial charge is 0.497 e. The predicted octanol–water partition coefficient (Wildman–Crippen LogP) is 2.37. The van der Waals surface area contributed by atoms with Crippen LogP contribution in [0.2, 0.25) is 0 Å². The lowest BCUT2D eigenvalue weighted by molar-refractivity contribution is -0.134. The average Bonchev–Trinajstić information content (AvgIpc) is 2.70. The summed E-state index contributed by atoms with van der Waals surface area (Å²) in [7, 11) is 1.62. The van der Waals surface area contributed by atoms with Crippen molar-refractivity contribution in [2.75, 3.05) is 40.0 Å². The van der Waals surface area contributed by atoms with Gasteiger partial charge in [0, 0.05) is 13.1 Å². The van der Waals surface area contributed by atoms with Gasteiger partial charge in [-0.15, -0.1) is 0 Å². The Morgan fingerprint density at radius 2 is 1.69 bits per heavy atom. The molecule has 1 heterocycles. The lowest BCUT2D eigenvalue weighted by Crippen LogP contribution is -2.45. The summed E-state index contributed by atoms with van der Waals surface area (Å²) in [6.45, 7) is 2.58. The maximum absolute atomic E-state index is 13.3. The number of hydrogen-bond donors (Lipinski definition) is 1. The molecule has 0 aromatic heterocycles. The minimum Gasteiger partial charge on any atom is -0.497 e. The summed E-state index contributed by atoms with van der Waals surface area (Å²) in [6, 6.07) is 13.7. The van der Waals surface area contributed by atoms with Crippen LogP contribution in [0.4, 0.5) is 4.39 Å². The van der Waals surface area contributed by atoms with Crippen molar-refractivity contribution in [3.8, 4) is 5.75 Å². The quantitative estimate of drug-likeness (QED) is 0.861. The second kappa shape index (κ2) is 8.78. The Labute approximate surface area is 152 Å². The topological polar surface area (TPSA) is 50.8 Å². The van der Waals surface area contributed by atoms with E-state index >= 15 is 0 Å². The molecule has 1 atom stereocenters. The first-order valence-electron chi connectivity index (χ1n) is 8.65. The lowest BCUT2D eigenvalue weighted by Gasteiger charge is -2.28. The zero-order valence-corrected chi connectivity index (χ0v) is 14.8. The van der Waals surface area contributed by atoms with Crippen molar-refractivity contribution in [3.05, 3.63) is 65.5 Å². The number of hydrogen-bond acceptors (Lipinski definition) is 4. The normalized spacial score (nSPS) is 15.5. The van der Waals surface area contributed by atoms with Crippen LogP contribution < -0.4 is 10.1 Å². The summed E-state index contributed by atoms with van der Waals surface area (Å²) < 4.78 is 23.8. The number of carbonyl (C=O) groups is 1. The van der Waals surface area contributed by atoms with Gasteiger partial charge in [0.15, 0.2) is 0 Å². The number of nitrogens with zero attached hydrogens (tertiary/aromatic N) is 1. The van der Waals surface area contributed by atoms with Crippen LogP contribution in [0.3, 0.4) is 0 Å². The standard InChI is InChI=1S/C20H23FN2O3/c1-25-18-8-4-16(5-9-18)20(15-2-6-17(21)7-3-15)22-14-19(24)23-10-12-26-13-11-23/h2-9,20,22H,10-14H2,1H3. The van der Waals surface area contributed by atoms with Crippen LogP contribution in [0, 0.1) is 5.82 Å². The van der Waals surface area contributed by atoms with Gasteiger partial charge in [0.05, 0.1) is 32.9 Å². The molecule has 1 unspecified atom stereocenters. The van der Waals surface area contributed by atoms with Gasteiger partial charge in [-0.3, -0.25) is 10.1 Å². The summed E-state index contributed by atoms with van der Waals surface area (Å²) in [5, 5.41) is 3.31. The summed E-state index contributed by atoms with van der Waals surface area (Å²) >= 11 is 0. The molecular formula is C20H23FN2O3. The molecule has 3 rings (SSSR count). The molecule has 0 radical (unpaired) electrons. The van der Waals surface area contributed by atoms with Crippen LogP contribution >= 0.6 is 0 Å². The highest BCUT2D eigenvalue weighted by atomic mass is 19.1. The third kappa shape index (κ3) is 4.59. The van der Waals surface area contributed by atoms with Gasteiger partial charge in [0.2, 0.25) is 5.91 Å². The number of carbonyl (C=O) groups excluding carboxylic acids is 1. The number of methoxy groups -OCH3 is 1. The smallest absolute Gasteiger partial charge is 0.236 e. The number of ether oxygens (including phenoxy) is 2. The van der Waals surface area contributed by atoms with Gasteiger partial charge in [0.1, 0.15) is 11.6 Å². The SMILES string of the molecule is COc1ccc(C(NCC(=O)N2CCOCC2)c2ccc(F)cc2)cc1. The molecule has 5 nitrogen and oxygen atoms in total. The van der Waals surface area contributed by atoms with Gasteiger partial charge in [-0.1, -0.05) is 24.3 Å². The Kier molecular flexibility index (Phi) is 6.20. The van der Waals surface area contributed by atoms with E-state index in [2.05, 4.69) is 5.32 Å². The van der Waals surface area contributed by atoms with Gasteiger partial charge >= 0.3 is 0 Å². The van der Waals surface area contributed by atoms with E-state index in [-0.39, 0.29) is 24.3 Å². The molecule has 1 N–H and O–H groups in total. The Balaban J connectivity index is 1.75. The Bertz CT molecular complexity index is 713. The minimum absolute atomic E-state index is 0.0360. The third-order valence-electron chi connectivity index (χ3n) is 4.47. The van der Waals surface area contributed by atoms with Gasteiger partial charge in [-0.25, -0.2) is 4.39 Å². The van der Waals surface area contributed by atoms with Crippen molar-refractivity contribution in [2.24, 2.45) is 0 Å². The molecule has 1 amide bonds. The van der Waals surface area contributed by atoms with E-state index in [0.717, 1.165) is 16.9 Å². The number of morpholine rings is 1. The van der Waals surface area contributed by atoms with E-state index in [0.29, 0.717) is 26.3 Å². The van der Waals surface area contributed by atoms with Gasteiger partial charge < -0.3 is 14.4 Å². The van der Waals surface area contributed by atoms with Crippen LogP contribution in [0.25, 0.3) is 0 Å². The van der Waals surface area contributed by atoms with E-state index in [9.17, 15) is 9.18 Å². The first-order chi connectivity index (χ1) is 12.7. The van der Waals surface area contributed by atoms with Gasteiger partial charge in [-0.2, -0.15) is 0 Å². The maximum atomic E-state index is 13.3. The molecule has 1 aliphatic rings. The van der Waals surface area contributed by atoms with E-state index in [1.54, 1.807) is 24.1 Å². The van der Waals surface area contributed by atoms with Crippen LogP contribution in [-0.2, 0) is 9.53 Å². The third-order valence-corrected chi connectivity index (χ3v) is 4.47. The Hall–Kier alpha value is -2.44. The zero-order valence-electron chi connectivity index (χ0n) is 14.8. The second-order valence-corrected chi connectivity index (χ2v) is 6.13. The highest BCUT2D eigenvalue weighted by molar-refractivity contribution is 5.78. The van der Waals surface area contributed by atoms with E-state index in [1.165, 1.54) is 12.1 Å². The van der Waals surface area contributed by atoms with Crippen molar-refractivity contribution in [1.29, 1.82) is 0 Å². The summed E-state index contributed by atoms with van der Waals surface area (Å²) in [6.07, 6.45) is 0. The van der Waals surface area contributed by atoms with Gasteiger partial charge in [0.25, 0.3) is 0 Å². The second-order valence-electron chi connectivity index (χ2n) is 6.13. The number of amides is 1. The fourth-order valence-electron chi connectivity index (χ4n) is 2.99. The van der Waals surface area contributed by atoms with E-state index < -0.39 is 0 Å².